The fraction of sp³-hybridized carbons (Fsp3) is 0.565. The highest BCUT2D eigenvalue weighted by Crippen LogP contribution is 2.61. The lowest BCUT2D eigenvalue weighted by Crippen LogP contribution is -2.37. The Bertz CT molecular complexity index is 838. The molecule has 3 aliphatic carbocycles. The Morgan fingerprint density at radius 2 is 2.00 bits per heavy atom. The molecular formula is C23H27NO3. The number of nitrogens with one attached hydrogen (secondary N) is 1. The molecule has 4 unspecified atom stereocenters. The zero-order valence-corrected chi connectivity index (χ0v) is 15.9. The number of rotatable bonds is 3. The summed E-state index contributed by atoms with van der Waals surface area (Å²) in [6, 6.07) is 5.63. The molecule has 0 saturated heterocycles. The average molecular weight is 365 g/mol. The number of carbonyl (C=O) groups excluding carboxylic acids is 2. The molecule has 0 radical (unpaired) electrons. The number of hydrogen-bond donors (Lipinski definition) is 1. The third-order valence-electron chi connectivity index (χ3n) is 7.30. The second kappa shape index (κ2) is 6.22. The van der Waals surface area contributed by atoms with Crippen LogP contribution in [0.1, 0.15) is 57.4 Å². The van der Waals surface area contributed by atoms with E-state index in [0.29, 0.717) is 12.4 Å². The van der Waals surface area contributed by atoms with Crippen LogP contribution in [0.5, 0.6) is 5.75 Å². The van der Waals surface area contributed by atoms with Crippen LogP contribution in [0, 0.1) is 23.2 Å². The number of ether oxygens (including phenoxy) is 1. The molecule has 142 valence electrons. The second-order valence-corrected chi connectivity index (χ2v) is 9.17. The molecule has 4 atom stereocenters. The number of carbonyl (C=O) groups is 2. The van der Waals surface area contributed by atoms with Crippen molar-refractivity contribution in [2.45, 2.75) is 51.9 Å². The molecule has 1 N–H and O–H groups in total. The van der Waals surface area contributed by atoms with Crippen molar-refractivity contribution in [3.8, 4) is 5.75 Å². The van der Waals surface area contributed by atoms with Gasteiger partial charge in [-0.05, 0) is 61.6 Å². The Kier molecular flexibility index (Phi) is 3.92. The molecule has 27 heavy (non-hydrogen) atoms. The standard InChI is InChI=1S/C23H27NO3/c1-14(25)24-20-6-5-16-8-19(13-27-21(16)9-20)22(26)23-10-15-3-2-4-17(11-23)18(7-15)12-23/h5-6,8-9,15,17-18H,2-4,7,10-13H2,1H3,(H,24,25). The van der Waals surface area contributed by atoms with Crippen LogP contribution in [0.3, 0.4) is 0 Å². The van der Waals surface area contributed by atoms with Gasteiger partial charge in [0.1, 0.15) is 12.4 Å². The summed E-state index contributed by atoms with van der Waals surface area (Å²) in [5.74, 6) is 3.26. The number of benzene rings is 1. The SMILES string of the molecule is CC(=O)Nc1ccc2c(c1)OCC(C(=O)C13CC4CCCC(C1)C(C4)C3)=C2. The predicted molar refractivity (Wildman–Crippen MR) is 104 cm³/mol. The van der Waals surface area contributed by atoms with E-state index in [2.05, 4.69) is 5.32 Å². The predicted octanol–water partition coefficient (Wildman–Crippen LogP) is 4.60. The Hall–Kier alpha value is -2.10. The van der Waals surface area contributed by atoms with Crippen LogP contribution in [-0.4, -0.2) is 18.3 Å². The van der Waals surface area contributed by atoms with Gasteiger partial charge in [0, 0.05) is 35.2 Å². The Labute approximate surface area is 160 Å². The quantitative estimate of drug-likeness (QED) is 0.852. The number of anilines is 1. The van der Waals surface area contributed by atoms with Gasteiger partial charge in [-0.2, -0.15) is 0 Å². The largest absolute Gasteiger partial charge is 0.488 e. The van der Waals surface area contributed by atoms with E-state index in [4.69, 9.17) is 4.74 Å². The zero-order valence-electron chi connectivity index (χ0n) is 15.9. The molecule has 4 heteroatoms. The third-order valence-corrected chi connectivity index (χ3v) is 7.30. The Morgan fingerprint density at radius 3 is 2.85 bits per heavy atom. The van der Waals surface area contributed by atoms with Gasteiger partial charge >= 0.3 is 0 Å². The van der Waals surface area contributed by atoms with E-state index in [-0.39, 0.29) is 11.3 Å². The number of Topliss-reactive ketones (excluding diaryl/α,β-unsaturated/α-hetero) is 1. The summed E-state index contributed by atoms with van der Waals surface area (Å²) in [4.78, 5) is 24.8. The van der Waals surface area contributed by atoms with Crippen LogP contribution in [0.15, 0.2) is 23.8 Å². The lowest BCUT2D eigenvalue weighted by molar-refractivity contribution is -0.127. The van der Waals surface area contributed by atoms with Gasteiger partial charge in [-0.15, -0.1) is 0 Å². The van der Waals surface area contributed by atoms with Crippen LogP contribution < -0.4 is 10.1 Å². The summed E-state index contributed by atoms with van der Waals surface area (Å²) in [5, 5.41) is 2.78. The Morgan fingerprint density at radius 1 is 1.15 bits per heavy atom. The second-order valence-electron chi connectivity index (χ2n) is 9.17. The summed E-state index contributed by atoms with van der Waals surface area (Å²) in [5.41, 5.74) is 2.36. The molecule has 1 amide bonds. The van der Waals surface area contributed by atoms with Crippen LogP contribution in [0.4, 0.5) is 5.69 Å². The van der Waals surface area contributed by atoms with Gasteiger partial charge in [0.05, 0.1) is 0 Å². The van der Waals surface area contributed by atoms with Gasteiger partial charge in [0.15, 0.2) is 5.78 Å². The third kappa shape index (κ3) is 2.90. The number of amides is 1. The lowest BCUT2D eigenvalue weighted by atomic mass is 9.66. The number of ketones is 1. The van der Waals surface area contributed by atoms with E-state index in [9.17, 15) is 9.59 Å². The summed E-state index contributed by atoms with van der Waals surface area (Å²) in [6.45, 7) is 1.84. The monoisotopic (exact) mass is 365 g/mol. The highest BCUT2D eigenvalue weighted by molar-refractivity contribution is 6.05. The molecule has 3 saturated carbocycles. The van der Waals surface area contributed by atoms with E-state index in [1.807, 2.05) is 24.3 Å². The molecule has 0 spiro atoms. The van der Waals surface area contributed by atoms with E-state index in [0.717, 1.165) is 59.6 Å². The highest BCUT2D eigenvalue weighted by Gasteiger charge is 2.55. The fourth-order valence-electron chi connectivity index (χ4n) is 6.35. The van der Waals surface area contributed by atoms with E-state index >= 15 is 0 Å². The molecule has 3 bridgehead atoms. The van der Waals surface area contributed by atoms with Gasteiger partial charge < -0.3 is 10.1 Å². The minimum atomic E-state index is -0.124. The van der Waals surface area contributed by atoms with Crippen molar-refractivity contribution < 1.29 is 14.3 Å². The minimum absolute atomic E-state index is 0.102. The molecule has 1 aromatic carbocycles. The van der Waals surface area contributed by atoms with Gasteiger partial charge in [0.2, 0.25) is 5.91 Å². The maximum atomic E-state index is 13.6. The first kappa shape index (κ1) is 17.0. The van der Waals surface area contributed by atoms with Gasteiger partial charge in [-0.1, -0.05) is 19.3 Å². The van der Waals surface area contributed by atoms with E-state index in [1.54, 1.807) is 0 Å². The van der Waals surface area contributed by atoms with Crippen molar-refractivity contribution >= 4 is 23.5 Å². The molecular weight excluding hydrogens is 338 g/mol. The summed E-state index contributed by atoms with van der Waals surface area (Å²) in [7, 11) is 0. The first-order chi connectivity index (χ1) is 13.0. The fourth-order valence-corrected chi connectivity index (χ4v) is 6.35. The molecule has 4 nitrogen and oxygen atoms in total. The van der Waals surface area contributed by atoms with Crippen LogP contribution in [0.2, 0.25) is 0 Å². The molecule has 1 aliphatic heterocycles. The van der Waals surface area contributed by atoms with Crippen molar-refractivity contribution in [1.29, 1.82) is 0 Å². The van der Waals surface area contributed by atoms with Crippen LogP contribution >= 0.6 is 0 Å². The first-order valence-electron chi connectivity index (χ1n) is 10.3. The maximum absolute atomic E-state index is 13.6. The van der Waals surface area contributed by atoms with E-state index in [1.165, 1.54) is 32.6 Å². The smallest absolute Gasteiger partial charge is 0.221 e. The van der Waals surface area contributed by atoms with Crippen LogP contribution in [0.25, 0.3) is 6.08 Å². The Balaban J connectivity index is 1.42. The normalized spacial score (nSPS) is 33.5. The maximum Gasteiger partial charge on any atom is 0.221 e. The molecule has 0 aromatic heterocycles. The number of hydrogen-bond acceptors (Lipinski definition) is 3. The topological polar surface area (TPSA) is 55.4 Å². The van der Waals surface area contributed by atoms with Crippen molar-refractivity contribution in [3.05, 3.63) is 29.3 Å². The molecule has 1 aromatic rings. The van der Waals surface area contributed by atoms with Crippen molar-refractivity contribution in [2.75, 3.05) is 11.9 Å². The average Bonchev–Trinajstić information content (AvgIpc) is 2.81. The highest BCUT2D eigenvalue weighted by atomic mass is 16.5. The van der Waals surface area contributed by atoms with Crippen molar-refractivity contribution in [3.63, 3.8) is 0 Å². The van der Waals surface area contributed by atoms with E-state index < -0.39 is 0 Å². The summed E-state index contributed by atoms with van der Waals surface area (Å²) in [6.07, 6.45) is 10.6. The van der Waals surface area contributed by atoms with Gasteiger partial charge in [-0.3, -0.25) is 9.59 Å². The summed E-state index contributed by atoms with van der Waals surface area (Å²) < 4.78 is 5.93. The molecule has 1 heterocycles. The molecule has 5 rings (SSSR count). The number of fused-ring (bicyclic) bond motifs is 3. The first-order valence-corrected chi connectivity index (χ1v) is 10.3. The van der Waals surface area contributed by atoms with Crippen LogP contribution in [-0.2, 0) is 9.59 Å². The molecule has 4 aliphatic rings. The minimum Gasteiger partial charge on any atom is -0.488 e. The van der Waals surface area contributed by atoms with Crippen molar-refractivity contribution in [2.24, 2.45) is 23.2 Å². The van der Waals surface area contributed by atoms with Gasteiger partial charge in [0.25, 0.3) is 0 Å². The lowest BCUT2D eigenvalue weighted by Gasteiger charge is -2.37. The summed E-state index contributed by atoms with van der Waals surface area (Å²) >= 11 is 0. The van der Waals surface area contributed by atoms with Gasteiger partial charge in [-0.25, -0.2) is 0 Å². The zero-order chi connectivity index (χ0) is 18.6. The van der Waals surface area contributed by atoms with Crippen molar-refractivity contribution in [1.82, 2.24) is 0 Å². The molecule has 3 fully saturated rings.